The van der Waals surface area contributed by atoms with Crippen molar-refractivity contribution in [3.63, 3.8) is 0 Å². The van der Waals surface area contributed by atoms with Crippen molar-refractivity contribution < 1.29 is 15.0 Å². The number of carbonyl (C=O) groups excluding carboxylic acids is 1. The molecule has 1 rings (SSSR count). The van der Waals surface area contributed by atoms with E-state index >= 15 is 0 Å². The lowest BCUT2D eigenvalue weighted by Gasteiger charge is -2.20. The number of hydrogen-bond donors (Lipinski definition) is 4. The van der Waals surface area contributed by atoms with Crippen molar-refractivity contribution in [1.29, 1.82) is 0 Å². The molecule has 4 N–H and O–H groups in total. The third-order valence-corrected chi connectivity index (χ3v) is 2.63. The molecule has 1 saturated heterocycles. The fourth-order valence-electron chi connectivity index (χ4n) is 1.81. The maximum atomic E-state index is 11.6. The van der Waals surface area contributed by atoms with Crippen molar-refractivity contribution in [2.24, 2.45) is 0 Å². The van der Waals surface area contributed by atoms with Gasteiger partial charge in [-0.2, -0.15) is 0 Å². The van der Waals surface area contributed by atoms with Crippen LogP contribution in [0.2, 0.25) is 0 Å². The van der Waals surface area contributed by atoms with E-state index in [0.29, 0.717) is 13.1 Å². The van der Waals surface area contributed by atoms with Gasteiger partial charge in [-0.05, 0) is 13.0 Å². The molecular formula is C10H21N3O3. The van der Waals surface area contributed by atoms with Crippen molar-refractivity contribution >= 4 is 5.91 Å². The van der Waals surface area contributed by atoms with Crippen LogP contribution in [0.1, 0.15) is 6.42 Å². The summed E-state index contributed by atoms with van der Waals surface area (Å²) in [4.78, 5) is 13.3. The zero-order valence-electron chi connectivity index (χ0n) is 9.48. The van der Waals surface area contributed by atoms with Crippen LogP contribution in [0, 0.1) is 0 Å². The van der Waals surface area contributed by atoms with E-state index in [9.17, 15) is 4.79 Å². The second kappa shape index (κ2) is 7.56. The van der Waals surface area contributed by atoms with Crippen LogP contribution < -0.4 is 10.6 Å². The summed E-state index contributed by atoms with van der Waals surface area (Å²) in [5.74, 6) is -0.0457. The van der Waals surface area contributed by atoms with Gasteiger partial charge in [0, 0.05) is 25.7 Å². The van der Waals surface area contributed by atoms with Gasteiger partial charge in [-0.15, -0.1) is 0 Å². The number of carbonyl (C=O) groups is 1. The number of aliphatic hydroxyl groups is 2. The van der Waals surface area contributed by atoms with Gasteiger partial charge in [0.2, 0.25) is 5.91 Å². The Kier molecular flexibility index (Phi) is 6.32. The molecule has 1 aliphatic rings. The lowest BCUT2D eigenvalue weighted by molar-refractivity contribution is -0.123. The van der Waals surface area contributed by atoms with Crippen LogP contribution in [-0.2, 0) is 4.79 Å². The van der Waals surface area contributed by atoms with Crippen LogP contribution in [0.5, 0.6) is 0 Å². The van der Waals surface area contributed by atoms with Gasteiger partial charge in [0.1, 0.15) is 0 Å². The molecule has 1 amide bonds. The Hall–Kier alpha value is -0.690. The minimum atomic E-state index is -0.0457. The Balaban J connectivity index is 2.23. The number of aliphatic hydroxyl groups excluding tert-OH is 2. The van der Waals surface area contributed by atoms with E-state index in [2.05, 4.69) is 10.6 Å². The highest BCUT2D eigenvalue weighted by Crippen LogP contribution is 1.97. The molecule has 0 saturated carbocycles. The first-order chi connectivity index (χ1) is 7.76. The van der Waals surface area contributed by atoms with Crippen LogP contribution in [-0.4, -0.2) is 73.0 Å². The van der Waals surface area contributed by atoms with Gasteiger partial charge >= 0.3 is 0 Å². The van der Waals surface area contributed by atoms with Gasteiger partial charge in [-0.25, -0.2) is 0 Å². The largest absolute Gasteiger partial charge is 0.395 e. The van der Waals surface area contributed by atoms with E-state index in [1.165, 1.54) is 0 Å². The zero-order chi connectivity index (χ0) is 11.8. The van der Waals surface area contributed by atoms with E-state index in [0.717, 1.165) is 19.5 Å². The average Bonchev–Trinajstić information content (AvgIpc) is 2.71. The van der Waals surface area contributed by atoms with Crippen LogP contribution in [0.3, 0.4) is 0 Å². The first-order valence-corrected chi connectivity index (χ1v) is 5.70. The molecule has 1 heterocycles. The predicted molar refractivity (Wildman–Crippen MR) is 60.0 cm³/mol. The molecule has 0 aromatic carbocycles. The number of nitrogens with one attached hydrogen (secondary N) is 2. The maximum absolute atomic E-state index is 11.6. The molecule has 6 heteroatoms. The van der Waals surface area contributed by atoms with E-state index in [1.54, 1.807) is 4.90 Å². The number of nitrogens with zero attached hydrogens (tertiary/aromatic N) is 1. The van der Waals surface area contributed by atoms with E-state index in [1.807, 2.05) is 0 Å². The van der Waals surface area contributed by atoms with Crippen molar-refractivity contribution in [3.8, 4) is 0 Å². The molecule has 0 radical (unpaired) electrons. The van der Waals surface area contributed by atoms with Gasteiger partial charge in [0.15, 0.2) is 0 Å². The third kappa shape index (κ3) is 4.89. The molecule has 0 aromatic heterocycles. The first kappa shape index (κ1) is 13.4. The molecule has 1 fully saturated rings. The second-order valence-electron chi connectivity index (χ2n) is 3.98. The Bertz CT molecular complexity index is 201. The minimum Gasteiger partial charge on any atom is -0.395 e. The minimum absolute atomic E-state index is 0.00172. The Morgan fingerprint density at radius 1 is 1.38 bits per heavy atom. The second-order valence-corrected chi connectivity index (χ2v) is 3.98. The molecule has 1 atom stereocenters. The Morgan fingerprint density at radius 2 is 2.06 bits per heavy atom. The van der Waals surface area contributed by atoms with Gasteiger partial charge in [0.25, 0.3) is 0 Å². The number of hydrogen-bond acceptors (Lipinski definition) is 5. The molecule has 94 valence electrons. The molecule has 1 unspecified atom stereocenters. The smallest absolute Gasteiger partial charge is 0.234 e. The first-order valence-electron chi connectivity index (χ1n) is 5.70. The van der Waals surface area contributed by atoms with Gasteiger partial charge in [0.05, 0.1) is 19.8 Å². The Morgan fingerprint density at radius 3 is 2.56 bits per heavy atom. The summed E-state index contributed by atoms with van der Waals surface area (Å²) in [5, 5.41) is 23.7. The van der Waals surface area contributed by atoms with Crippen LogP contribution in [0.25, 0.3) is 0 Å². The fourth-order valence-corrected chi connectivity index (χ4v) is 1.81. The lowest BCUT2D eigenvalue weighted by Crippen LogP contribution is -2.44. The molecule has 0 aromatic rings. The average molecular weight is 231 g/mol. The number of amides is 1. The summed E-state index contributed by atoms with van der Waals surface area (Å²) in [5.41, 5.74) is 0. The standard InChI is InChI=1S/C10H21N3O3/c14-5-3-13(4-6-15)8-10(16)12-9-1-2-11-7-9/h9,11,14-15H,1-8H2,(H,12,16). The molecule has 0 spiro atoms. The summed E-state index contributed by atoms with van der Waals surface area (Å²) in [6, 6.07) is 0.220. The molecule has 1 aliphatic heterocycles. The SMILES string of the molecule is O=C(CN(CCO)CCO)NC1CCNC1. The van der Waals surface area contributed by atoms with Crippen LogP contribution >= 0.6 is 0 Å². The molecule has 16 heavy (non-hydrogen) atoms. The summed E-state index contributed by atoms with van der Waals surface area (Å²) < 4.78 is 0. The van der Waals surface area contributed by atoms with Gasteiger partial charge in [-0.3, -0.25) is 9.69 Å². The Labute approximate surface area is 95.6 Å². The molecule has 0 aliphatic carbocycles. The monoisotopic (exact) mass is 231 g/mol. The van der Waals surface area contributed by atoms with E-state index < -0.39 is 0 Å². The van der Waals surface area contributed by atoms with E-state index in [4.69, 9.17) is 10.2 Å². The molecule has 0 bridgehead atoms. The van der Waals surface area contributed by atoms with Crippen LogP contribution in [0.15, 0.2) is 0 Å². The van der Waals surface area contributed by atoms with Gasteiger partial charge < -0.3 is 20.8 Å². The lowest BCUT2D eigenvalue weighted by atomic mass is 10.2. The summed E-state index contributed by atoms with van der Waals surface area (Å²) in [7, 11) is 0. The van der Waals surface area contributed by atoms with Crippen molar-refractivity contribution in [3.05, 3.63) is 0 Å². The van der Waals surface area contributed by atoms with Crippen molar-refractivity contribution in [1.82, 2.24) is 15.5 Å². The molecule has 6 nitrogen and oxygen atoms in total. The summed E-state index contributed by atoms with van der Waals surface area (Å²) in [6.45, 7) is 2.83. The highest BCUT2D eigenvalue weighted by atomic mass is 16.3. The normalized spacial score (nSPS) is 20.3. The van der Waals surface area contributed by atoms with Crippen molar-refractivity contribution in [2.45, 2.75) is 12.5 Å². The molecular weight excluding hydrogens is 210 g/mol. The topological polar surface area (TPSA) is 84.8 Å². The van der Waals surface area contributed by atoms with Gasteiger partial charge in [-0.1, -0.05) is 0 Å². The highest BCUT2D eigenvalue weighted by Gasteiger charge is 2.17. The number of rotatable bonds is 7. The quantitative estimate of drug-likeness (QED) is 0.398. The fraction of sp³-hybridized carbons (Fsp3) is 0.900. The maximum Gasteiger partial charge on any atom is 0.234 e. The van der Waals surface area contributed by atoms with Crippen molar-refractivity contribution in [2.75, 3.05) is 45.9 Å². The predicted octanol–water partition coefficient (Wildman–Crippen LogP) is -2.25. The summed E-state index contributed by atoms with van der Waals surface area (Å²) >= 11 is 0. The summed E-state index contributed by atoms with van der Waals surface area (Å²) in [6.07, 6.45) is 0.964. The van der Waals surface area contributed by atoms with Crippen LogP contribution in [0.4, 0.5) is 0 Å². The zero-order valence-corrected chi connectivity index (χ0v) is 9.48. The third-order valence-electron chi connectivity index (χ3n) is 2.63. The van der Waals surface area contributed by atoms with E-state index in [-0.39, 0.29) is 31.7 Å². The highest BCUT2D eigenvalue weighted by molar-refractivity contribution is 5.78.